The lowest BCUT2D eigenvalue weighted by Crippen LogP contribution is -2.18. The van der Waals surface area contributed by atoms with Gasteiger partial charge in [-0.15, -0.1) is 0 Å². The second-order valence-electron chi connectivity index (χ2n) is 4.29. The largest absolute Gasteiger partial charge is 0.368 e. The molecule has 3 atom stereocenters. The van der Waals surface area contributed by atoms with Crippen LogP contribution in [0.5, 0.6) is 0 Å². The molecule has 0 aliphatic carbocycles. The maximum Gasteiger partial charge on any atom is 0.256 e. The Hall–Kier alpha value is -0.940. The molecule has 1 aromatic rings. The highest BCUT2D eigenvalue weighted by atomic mass is 16.5. The van der Waals surface area contributed by atoms with Crippen molar-refractivity contribution in [2.45, 2.75) is 38.8 Å². The number of hydrogen-bond acceptors (Lipinski definition) is 5. The van der Waals surface area contributed by atoms with Crippen molar-refractivity contribution in [3.8, 4) is 0 Å². The third kappa shape index (κ3) is 2.35. The van der Waals surface area contributed by atoms with E-state index in [0.29, 0.717) is 24.1 Å². The van der Waals surface area contributed by atoms with Crippen LogP contribution in [-0.4, -0.2) is 22.8 Å². The molecule has 1 aromatic heterocycles. The van der Waals surface area contributed by atoms with E-state index in [1.165, 1.54) is 0 Å². The molecule has 0 bridgehead atoms. The van der Waals surface area contributed by atoms with Gasteiger partial charge in [-0.2, -0.15) is 4.98 Å². The minimum Gasteiger partial charge on any atom is -0.368 e. The first-order valence-electron chi connectivity index (χ1n) is 5.36. The summed E-state index contributed by atoms with van der Waals surface area (Å²) >= 11 is 0. The van der Waals surface area contributed by atoms with E-state index >= 15 is 0 Å². The first kappa shape index (κ1) is 10.6. The van der Waals surface area contributed by atoms with Gasteiger partial charge in [-0.1, -0.05) is 12.1 Å². The quantitative estimate of drug-likeness (QED) is 0.809. The van der Waals surface area contributed by atoms with E-state index in [2.05, 4.69) is 17.1 Å². The van der Waals surface area contributed by atoms with Crippen molar-refractivity contribution in [2.75, 3.05) is 6.61 Å². The van der Waals surface area contributed by atoms with E-state index in [-0.39, 0.29) is 12.1 Å². The molecule has 0 amide bonds. The molecule has 1 aliphatic rings. The minimum absolute atomic E-state index is 0.0284. The Balaban J connectivity index is 2.06. The Morgan fingerprint density at radius 2 is 2.40 bits per heavy atom. The lowest BCUT2D eigenvalue weighted by Gasteiger charge is -2.07. The van der Waals surface area contributed by atoms with E-state index in [4.69, 9.17) is 15.0 Å². The molecule has 5 nitrogen and oxygen atoms in total. The van der Waals surface area contributed by atoms with Crippen LogP contribution in [0.4, 0.5) is 0 Å². The van der Waals surface area contributed by atoms with E-state index in [9.17, 15) is 0 Å². The van der Waals surface area contributed by atoms with Crippen molar-refractivity contribution in [3.05, 3.63) is 11.7 Å². The van der Waals surface area contributed by atoms with E-state index in [1.54, 1.807) is 0 Å². The summed E-state index contributed by atoms with van der Waals surface area (Å²) in [7, 11) is 0. The third-order valence-corrected chi connectivity index (χ3v) is 2.62. The summed E-state index contributed by atoms with van der Waals surface area (Å²) in [5, 5.41) is 3.89. The molecule has 2 rings (SSSR count). The maximum absolute atomic E-state index is 5.66. The fourth-order valence-electron chi connectivity index (χ4n) is 1.77. The van der Waals surface area contributed by atoms with Gasteiger partial charge >= 0.3 is 0 Å². The summed E-state index contributed by atoms with van der Waals surface area (Å²) in [4.78, 5) is 4.30. The van der Waals surface area contributed by atoms with Gasteiger partial charge in [0, 0.05) is 19.1 Å². The van der Waals surface area contributed by atoms with Crippen molar-refractivity contribution in [2.24, 2.45) is 11.7 Å². The normalized spacial score (nSPS) is 28.2. The number of aromatic nitrogens is 2. The summed E-state index contributed by atoms with van der Waals surface area (Å²) < 4.78 is 10.7. The van der Waals surface area contributed by atoms with Crippen molar-refractivity contribution in [3.63, 3.8) is 0 Å². The van der Waals surface area contributed by atoms with E-state index in [0.717, 1.165) is 13.0 Å². The van der Waals surface area contributed by atoms with Crippen LogP contribution in [0.25, 0.3) is 0 Å². The fraction of sp³-hybridized carbons (Fsp3) is 0.800. The van der Waals surface area contributed by atoms with Gasteiger partial charge in [0.1, 0.15) is 6.10 Å². The zero-order chi connectivity index (χ0) is 10.8. The van der Waals surface area contributed by atoms with Gasteiger partial charge in [-0.3, -0.25) is 0 Å². The van der Waals surface area contributed by atoms with Gasteiger partial charge < -0.3 is 15.0 Å². The molecule has 0 aromatic carbocycles. The van der Waals surface area contributed by atoms with Crippen LogP contribution in [0.15, 0.2) is 4.52 Å². The average molecular weight is 211 g/mol. The second-order valence-corrected chi connectivity index (χ2v) is 4.29. The summed E-state index contributed by atoms with van der Waals surface area (Å²) in [5.74, 6) is 1.71. The molecule has 2 N–H and O–H groups in total. The van der Waals surface area contributed by atoms with Gasteiger partial charge in [-0.05, 0) is 19.3 Å². The Morgan fingerprint density at radius 1 is 1.60 bits per heavy atom. The lowest BCUT2D eigenvalue weighted by molar-refractivity contribution is 0.0661. The molecule has 3 unspecified atom stereocenters. The molecule has 1 fully saturated rings. The molecule has 0 spiro atoms. The Labute approximate surface area is 89.0 Å². The number of nitrogens with two attached hydrogens (primary N) is 1. The maximum atomic E-state index is 5.66. The van der Waals surface area contributed by atoms with Gasteiger partial charge in [-0.25, -0.2) is 0 Å². The summed E-state index contributed by atoms with van der Waals surface area (Å²) in [6.07, 6.45) is 1.67. The highest BCUT2D eigenvalue weighted by molar-refractivity contribution is 4.95. The van der Waals surface area contributed by atoms with Crippen LogP contribution < -0.4 is 5.73 Å². The highest BCUT2D eigenvalue weighted by Crippen LogP contribution is 2.32. The Morgan fingerprint density at radius 3 is 3.00 bits per heavy atom. The average Bonchev–Trinajstić information content (AvgIpc) is 2.72. The van der Waals surface area contributed by atoms with Crippen molar-refractivity contribution >= 4 is 0 Å². The summed E-state index contributed by atoms with van der Waals surface area (Å²) in [6, 6.07) is 0.0531. The zero-order valence-electron chi connectivity index (χ0n) is 9.14. The first-order valence-corrected chi connectivity index (χ1v) is 5.36. The standard InChI is InChI=1S/C10H17N3O2/c1-6-3-4-14-9(6)10-12-8(13-15-10)5-7(2)11/h6-7,9H,3-5,11H2,1-2H3. The van der Waals surface area contributed by atoms with Crippen molar-refractivity contribution in [1.82, 2.24) is 10.1 Å². The second kappa shape index (κ2) is 4.28. The lowest BCUT2D eigenvalue weighted by atomic mass is 10.0. The van der Waals surface area contributed by atoms with Crippen LogP contribution in [-0.2, 0) is 11.2 Å². The van der Waals surface area contributed by atoms with Crippen LogP contribution in [0.2, 0.25) is 0 Å². The predicted octanol–water partition coefficient (Wildman–Crippen LogP) is 1.06. The van der Waals surface area contributed by atoms with Crippen LogP contribution in [0.1, 0.15) is 38.1 Å². The molecular weight excluding hydrogens is 194 g/mol. The van der Waals surface area contributed by atoms with E-state index in [1.807, 2.05) is 6.92 Å². The van der Waals surface area contributed by atoms with E-state index < -0.39 is 0 Å². The molecule has 2 heterocycles. The molecule has 15 heavy (non-hydrogen) atoms. The summed E-state index contributed by atoms with van der Waals surface area (Å²) in [6.45, 7) is 4.83. The first-order chi connectivity index (χ1) is 7.16. The number of rotatable bonds is 3. The molecule has 5 heteroatoms. The minimum atomic E-state index is -0.0284. The Kier molecular flexibility index (Phi) is 3.02. The molecule has 1 saturated heterocycles. The van der Waals surface area contributed by atoms with Crippen molar-refractivity contribution < 1.29 is 9.26 Å². The third-order valence-electron chi connectivity index (χ3n) is 2.62. The van der Waals surface area contributed by atoms with Crippen LogP contribution >= 0.6 is 0 Å². The fourth-order valence-corrected chi connectivity index (χ4v) is 1.77. The van der Waals surface area contributed by atoms with Crippen molar-refractivity contribution in [1.29, 1.82) is 0 Å². The zero-order valence-corrected chi connectivity index (χ0v) is 9.14. The Bertz CT molecular complexity index is 324. The smallest absolute Gasteiger partial charge is 0.256 e. The molecule has 0 saturated carbocycles. The monoisotopic (exact) mass is 211 g/mol. The molecule has 1 aliphatic heterocycles. The van der Waals surface area contributed by atoms with Crippen LogP contribution in [0, 0.1) is 5.92 Å². The highest BCUT2D eigenvalue weighted by Gasteiger charge is 2.30. The molecule has 84 valence electrons. The van der Waals surface area contributed by atoms with Gasteiger partial charge in [0.2, 0.25) is 0 Å². The van der Waals surface area contributed by atoms with Gasteiger partial charge in [0.05, 0.1) is 0 Å². The SMILES string of the molecule is CC(N)Cc1noc(C2OCCC2C)n1. The molecular formula is C10H17N3O2. The number of nitrogens with zero attached hydrogens (tertiary/aromatic N) is 2. The van der Waals surface area contributed by atoms with Gasteiger partial charge in [0.25, 0.3) is 5.89 Å². The van der Waals surface area contributed by atoms with Gasteiger partial charge in [0.15, 0.2) is 5.82 Å². The molecule has 0 radical (unpaired) electrons. The summed E-state index contributed by atoms with van der Waals surface area (Å²) in [5.41, 5.74) is 5.66. The number of hydrogen-bond donors (Lipinski definition) is 1. The number of ether oxygens (including phenoxy) is 1. The predicted molar refractivity (Wildman–Crippen MR) is 54.1 cm³/mol. The van der Waals surface area contributed by atoms with Crippen LogP contribution in [0.3, 0.4) is 0 Å². The topological polar surface area (TPSA) is 74.2 Å².